The van der Waals surface area contributed by atoms with Gasteiger partial charge in [0.25, 0.3) is 5.91 Å². The van der Waals surface area contributed by atoms with Crippen LogP contribution in [-0.2, 0) is 4.79 Å². The lowest BCUT2D eigenvalue weighted by Gasteiger charge is -2.15. The number of nitrogen functional groups attached to an aromatic ring is 1. The largest absolute Gasteiger partial charge is 0.482 e. The zero-order valence-corrected chi connectivity index (χ0v) is 9.78. The van der Waals surface area contributed by atoms with E-state index >= 15 is 0 Å². The molecule has 0 spiro atoms. The number of para-hydroxylation sites is 2. The number of nitrogens with one attached hydrogen (secondary N) is 1. The Bertz CT molecular complexity index is 437. The first-order valence-electron chi connectivity index (χ1n) is 5.29. The van der Waals surface area contributed by atoms with Crippen molar-refractivity contribution < 1.29 is 27.8 Å². The number of halogens is 3. The smallest absolute Gasteiger partial charge is 0.416 e. The van der Waals surface area contributed by atoms with Gasteiger partial charge in [-0.15, -0.1) is 0 Å². The first kappa shape index (κ1) is 15.1. The van der Waals surface area contributed by atoms with E-state index in [4.69, 9.17) is 15.6 Å². The number of alkyl halides is 3. The highest BCUT2D eigenvalue weighted by Gasteiger charge is 2.38. The summed E-state index contributed by atoms with van der Waals surface area (Å²) in [6, 6.07) is 6.38. The van der Waals surface area contributed by atoms with Gasteiger partial charge >= 0.3 is 6.18 Å². The number of carbonyl (C=O) groups excluding carboxylic acids is 1. The Morgan fingerprint density at radius 3 is 2.63 bits per heavy atom. The van der Waals surface area contributed by atoms with E-state index in [9.17, 15) is 18.0 Å². The summed E-state index contributed by atoms with van der Waals surface area (Å²) in [6.07, 6.45) is -7.36. The maximum atomic E-state index is 12.0. The van der Waals surface area contributed by atoms with Crippen molar-refractivity contribution >= 4 is 11.6 Å². The number of aliphatic hydroxyl groups is 1. The lowest BCUT2D eigenvalue weighted by Crippen LogP contribution is -2.42. The van der Waals surface area contributed by atoms with Crippen molar-refractivity contribution in [2.24, 2.45) is 0 Å². The molecule has 0 heterocycles. The topological polar surface area (TPSA) is 84.6 Å². The number of amides is 1. The van der Waals surface area contributed by atoms with Gasteiger partial charge < -0.3 is 20.9 Å². The van der Waals surface area contributed by atoms with Crippen molar-refractivity contribution in [3.63, 3.8) is 0 Å². The molecule has 8 heteroatoms. The van der Waals surface area contributed by atoms with Crippen molar-refractivity contribution in [1.82, 2.24) is 5.32 Å². The molecule has 0 aliphatic rings. The Balaban J connectivity index is 2.35. The van der Waals surface area contributed by atoms with Crippen molar-refractivity contribution in [2.45, 2.75) is 12.3 Å². The Morgan fingerprint density at radius 2 is 2.05 bits per heavy atom. The SMILES string of the molecule is Nc1ccccc1OCC(=O)NCC(O)C(F)(F)F. The summed E-state index contributed by atoms with van der Waals surface area (Å²) < 4.78 is 40.9. The lowest BCUT2D eigenvalue weighted by atomic mass is 10.3. The number of anilines is 1. The van der Waals surface area contributed by atoms with Crippen LogP contribution in [0.15, 0.2) is 24.3 Å². The second-order valence-corrected chi connectivity index (χ2v) is 3.69. The Kier molecular flexibility index (Phi) is 4.99. The number of carbonyl (C=O) groups is 1. The molecule has 0 bridgehead atoms. The van der Waals surface area contributed by atoms with E-state index in [1.807, 2.05) is 5.32 Å². The van der Waals surface area contributed by atoms with Crippen LogP contribution in [0, 0.1) is 0 Å². The van der Waals surface area contributed by atoms with Crippen LogP contribution in [0.2, 0.25) is 0 Å². The molecule has 1 atom stereocenters. The van der Waals surface area contributed by atoms with Gasteiger partial charge in [0.1, 0.15) is 5.75 Å². The molecule has 0 aliphatic carbocycles. The average Bonchev–Trinajstić information content (AvgIpc) is 2.33. The van der Waals surface area contributed by atoms with E-state index in [1.54, 1.807) is 18.2 Å². The number of hydrogen-bond donors (Lipinski definition) is 3. The van der Waals surface area contributed by atoms with Gasteiger partial charge in [-0.3, -0.25) is 4.79 Å². The molecular weight excluding hydrogens is 265 g/mol. The maximum Gasteiger partial charge on any atom is 0.416 e. The first-order valence-corrected chi connectivity index (χ1v) is 5.29. The third kappa shape index (κ3) is 5.04. The van der Waals surface area contributed by atoms with Crippen molar-refractivity contribution in [2.75, 3.05) is 18.9 Å². The van der Waals surface area contributed by atoms with Gasteiger partial charge in [0.05, 0.1) is 12.2 Å². The van der Waals surface area contributed by atoms with Crippen LogP contribution in [0.1, 0.15) is 0 Å². The minimum Gasteiger partial charge on any atom is -0.482 e. The van der Waals surface area contributed by atoms with Crippen molar-refractivity contribution in [3.8, 4) is 5.75 Å². The van der Waals surface area contributed by atoms with E-state index in [0.29, 0.717) is 5.69 Å². The second-order valence-electron chi connectivity index (χ2n) is 3.69. The van der Waals surface area contributed by atoms with Crippen LogP contribution in [0.25, 0.3) is 0 Å². The molecule has 0 aliphatic heterocycles. The maximum absolute atomic E-state index is 12.0. The summed E-state index contributed by atoms with van der Waals surface area (Å²) >= 11 is 0. The molecule has 0 saturated heterocycles. The molecule has 19 heavy (non-hydrogen) atoms. The zero-order valence-electron chi connectivity index (χ0n) is 9.78. The molecule has 1 aromatic rings. The highest BCUT2D eigenvalue weighted by atomic mass is 19.4. The molecule has 1 rings (SSSR count). The van der Waals surface area contributed by atoms with Crippen LogP contribution in [0.4, 0.5) is 18.9 Å². The molecule has 0 aromatic heterocycles. The van der Waals surface area contributed by atoms with Crippen LogP contribution >= 0.6 is 0 Å². The highest BCUT2D eigenvalue weighted by Crippen LogP contribution is 2.20. The van der Waals surface area contributed by atoms with Gasteiger partial charge in [-0.2, -0.15) is 13.2 Å². The zero-order chi connectivity index (χ0) is 14.5. The number of aliphatic hydroxyl groups excluding tert-OH is 1. The highest BCUT2D eigenvalue weighted by molar-refractivity contribution is 5.77. The average molecular weight is 278 g/mol. The number of nitrogens with two attached hydrogens (primary N) is 1. The van der Waals surface area contributed by atoms with Gasteiger partial charge in [0.15, 0.2) is 12.7 Å². The summed E-state index contributed by atoms with van der Waals surface area (Å²) in [4.78, 5) is 11.2. The molecule has 1 aromatic carbocycles. The Labute approximate surface area is 107 Å². The van der Waals surface area contributed by atoms with Gasteiger partial charge in [-0.05, 0) is 12.1 Å². The predicted molar refractivity (Wildman–Crippen MR) is 61.4 cm³/mol. The monoisotopic (exact) mass is 278 g/mol. The third-order valence-electron chi connectivity index (χ3n) is 2.15. The van der Waals surface area contributed by atoms with E-state index in [0.717, 1.165) is 0 Å². The fraction of sp³-hybridized carbons (Fsp3) is 0.364. The molecular formula is C11H13F3N2O3. The Morgan fingerprint density at radius 1 is 1.42 bits per heavy atom. The third-order valence-corrected chi connectivity index (χ3v) is 2.15. The molecule has 0 fully saturated rings. The van der Waals surface area contributed by atoms with Crippen molar-refractivity contribution in [1.29, 1.82) is 0 Å². The molecule has 0 radical (unpaired) electrons. The molecule has 1 amide bonds. The normalized spacial score (nSPS) is 12.8. The number of ether oxygens (including phenoxy) is 1. The number of rotatable bonds is 5. The van der Waals surface area contributed by atoms with Crippen molar-refractivity contribution in [3.05, 3.63) is 24.3 Å². The van der Waals surface area contributed by atoms with E-state index in [-0.39, 0.29) is 5.75 Å². The van der Waals surface area contributed by atoms with Crippen LogP contribution in [0.3, 0.4) is 0 Å². The fourth-order valence-electron chi connectivity index (χ4n) is 1.13. The van der Waals surface area contributed by atoms with Gasteiger partial charge in [-0.1, -0.05) is 12.1 Å². The number of benzene rings is 1. The predicted octanol–water partition coefficient (Wildman–Crippen LogP) is 0.687. The molecule has 106 valence electrons. The summed E-state index contributed by atoms with van der Waals surface area (Å²) in [6.45, 7) is -1.41. The number of hydrogen-bond acceptors (Lipinski definition) is 4. The van der Waals surface area contributed by atoms with E-state index < -0.39 is 31.3 Å². The minimum absolute atomic E-state index is 0.258. The summed E-state index contributed by atoms with van der Waals surface area (Å²) in [5, 5.41) is 10.6. The lowest BCUT2D eigenvalue weighted by molar-refractivity contribution is -0.201. The van der Waals surface area contributed by atoms with Crippen LogP contribution < -0.4 is 15.8 Å². The first-order chi connectivity index (χ1) is 8.80. The Hall–Kier alpha value is -1.96. The standard InChI is InChI=1S/C11H13F3N2O3/c12-11(13,14)9(17)5-16-10(18)6-19-8-4-2-1-3-7(8)15/h1-4,9,17H,5-6,15H2,(H,16,18). The second kappa shape index (κ2) is 6.28. The van der Waals surface area contributed by atoms with Gasteiger partial charge in [-0.25, -0.2) is 0 Å². The minimum atomic E-state index is -4.77. The van der Waals surface area contributed by atoms with E-state index in [1.165, 1.54) is 6.07 Å². The summed E-state index contributed by atoms with van der Waals surface area (Å²) in [5.74, 6) is -0.527. The quantitative estimate of drug-likeness (QED) is 0.692. The van der Waals surface area contributed by atoms with Crippen LogP contribution in [0.5, 0.6) is 5.75 Å². The van der Waals surface area contributed by atoms with E-state index in [2.05, 4.69) is 0 Å². The fourth-order valence-corrected chi connectivity index (χ4v) is 1.13. The summed E-state index contributed by atoms with van der Waals surface area (Å²) in [7, 11) is 0. The van der Waals surface area contributed by atoms with Gasteiger partial charge in [0, 0.05) is 0 Å². The molecule has 5 nitrogen and oxygen atoms in total. The summed E-state index contributed by atoms with van der Waals surface area (Å²) in [5.41, 5.74) is 5.85. The van der Waals surface area contributed by atoms with Gasteiger partial charge in [0.2, 0.25) is 0 Å². The molecule has 0 saturated carbocycles. The van der Waals surface area contributed by atoms with Crippen LogP contribution in [-0.4, -0.2) is 36.4 Å². The molecule has 1 unspecified atom stereocenters. The molecule has 4 N–H and O–H groups in total.